The second kappa shape index (κ2) is 5.88. The Morgan fingerprint density at radius 2 is 1.91 bits per heavy atom. The monoisotopic (exact) mass is 322 g/mol. The van der Waals surface area contributed by atoms with Gasteiger partial charge in [-0.3, -0.25) is 0 Å². The molecule has 2 nitrogen and oxygen atoms in total. The summed E-state index contributed by atoms with van der Waals surface area (Å²) >= 11 is 6.24. The van der Waals surface area contributed by atoms with E-state index in [-0.39, 0.29) is 0 Å². The Morgan fingerprint density at radius 1 is 1.09 bits per heavy atom. The molecule has 0 atom stereocenters. The van der Waals surface area contributed by atoms with Gasteiger partial charge in [0.15, 0.2) is 0 Å². The molecule has 3 heteroatoms. The largest absolute Gasteiger partial charge is 0.320 e. The lowest BCUT2D eigenvalue weighted by Gasteiger charge is -2.23. The number of aromatic nitrogens is 1. The van der Waals surface area contributed by atoms with Crippen LogP contribution in [0, 0.1) is 0 Å². The number of likely N-dealkylation sites (N-methyl/N-ethyl adjacent to an activating group) is 1. The quantitative estimate of drug-likeness (QED) is 0.650. The normalized spacial score (nSPS) is 15.4. The smallest absolute Gasteiger partial charge is 0.0529 e. The molecule has 2 aromatic carbocycles. The molecule has 0 bridgehead atoms. The molecule has 0 aliphatic carbocycles. The minimum Gasteiger partial charge on any atom is -0.320 e. The van der Waals surface area contributed by atoms with Gasteiger partial charge in [-0.1, -0.05) is 41.9 Å². The fraction of sp³-hybridized carbons (Fsp3) is 0.200. The van der Waals surface area contributed by atoms with Gasteiger partial charge >= 0.3 is 0 Å². The Kier molecular flexibility index (Phi) is 3.72. The molecule has 0 amide bonds. The van der Waals surface area contributed by atoms with Gasteiger partial charge in [-0.15, -0.1) is 0 Å². The van der Waals surface area contributed by atoms with Gasteiger partial charge in [-0.25, -0.2) is 0 Å². The van der Waals surface area contributed by atoms with Gasteiger partial charge in [-0.2, -0.15) is 0 Å². The highest BCUT2D eigenvalue weighted by Crippen LogP contribution is 2.32. The predicted molar refractivity (Wildman–Crippen MR) is 98.7 cm³/mol. The molecule has 1 aliphatic heterocycles. The first kappa shape index (κ1) is 14.6. The van der Waals surface area contributed by atoms with Gasteiger partial charge in [0.2, 0.25) is 0 Å². The van der Waals surface area contributed by atoms with Gasteiger partial charge in [0, 0.05) is 41.8 Å². The maximum atomic E-state index is 6.24. The molecule has 0 fully saturated rings. The van der Waals surface area contributed by atoms with Crippen molar-refractivity contribution in [1.82, 2.24) is 9.47 Å². The fourth-order valence-electron chi connectivity index (χ4n) is 3.39. The molecule has 3 aromatic rings. The third-order valence-corrected chi connectivity index (χ3v) is 4.79. The summed E-state index contributed by atoms with van der Waals surface area (Å²) in [5.41, 5.74) is 5.27. The van der Waals surface area contributed by atoms with E-state index in [1.807, 2.05) is 12.1 Å². The van der Waals surface area contributed by atoms with Crippen LogP contribution in [0.1, 0.15) is 16.8 Å². The molecule has 2 heterocycles. The van der Waals surface area contributed by atoms with E-state index in [0.717, 1.165) is 24.5 Å². The zero-order valence-electron chi connectivity index (χ0n) is 13.2. The number of halogens is 1. The number of hydrogen-bond acceptors (Lipinski definition) is 1. The van der Waals surface area contributed by atoms with Crippen molar-refractivity contribution in [3.63, 3.8) is 0 Å². The van der Waals surface area contributed by atoms with Crippen molar-refractivity contribution in [2.75, 3.05) is 13.6 Å². The molecule has 0 saturated carbocycles. The zero-order valence-corrected chi connectivity index (χ0v) is 13.9. The first-order chi connectivity index (χ1) is 11.2. The number of fused-ring (bicyclic) bond motifs is 3. The lowest BCUT2D eigenvalue weighted by molar-refractivity contribution is 0.312. The summed E-state index contributed by atoms with van der Waals surface area (Å²) in [6, 6.07) is 16.6. The number of benzene rings is 2. The van der Waals surface area contributed by atoms with Crippen molar-refractivity contribution in [3.8, 4) is 0 Å². The summed E-state index contributed by atoms with van der Waals surface area (Å²) in [5.74, 6) is 0. The zero-order chi connectivity index (χ0) is 15.8. The minimum absolute atomic E-state index is 0.803. The van der Waals surface area contributed by atoms with Crippen LogP contribution < -0.4 is 0 Å². The van der Waals surface area contributed by atoms with Crippen LogP contribution in [0.2, 0.25) is 5.02 Å². The SMILES string of the molecule is CN1CCc2c(c3cc(Cl)ccc3n2/C=C/c2ccccc2)C1. The van der Waals surface area contributed by atoms with Crippen LogP contribution >= 0.6 is 11.6 Å². The maximum Gasteiger partial charge on any atom is 0.0529 e. The van der Waals surface area contributed by atoms with Crippen LogP contribution in [0.5, 0.6) is 0 Å². The van der Waals surface area contributed by atoms with Crippen LogP contribution in [0.15, 0.2) is 48.5 Å². The van der Waals surface area contributed by atoms with Crippen LogP contribution in [-0.4, -0.2) is 23.1 Å². The summed E-state index contributed by atoms with van der Waals surface area (Å²) < 4.78 is 2.33. The molecule has 0 radical (unpaired) electrons. The molecule has 1 aliphatic rings. The van der Waals surface area contributed by atoms with E-state index < -0.39 is 0 Å². The van der Waals surface area contributed by atoms with E-state index in [2.05, 4.69) is 65.2 Å². The Bertz CT molecular complexity index is 878. The van der Waals surface area contributed by atoms with E-state index in [1.54, 1.807) is 0 Å². The van der Waals surface area contributed by atoms with Crippen LogP contribution in [0.25, 0.3) is 23.2 Å². The molecule has 0 saturated heterocycles. The van der Waals surface area contributed by atoms with Crippen LogP contribution in [-0.2, 0) is 13.0 Å². The standard InChI is InChI=1S/C20H19ClN2/c1-22-11-10-20-18(14-22)17-13-16(21)7-8-19(17)23(20)12-9-15-5-3-2-4-6-15/h2-9,12-13H,10-11,14H2,1H3/b12-9+. The van der Waals surface area contributed by atoms with E-state index >= 15 is 0 Å². The van der Waals surface area contributed by atoms with Crippen molar-refractivity contribution in [3.05, 3.63) is 70.4 Å². The minimum atomic E-state index is 0.803. The number of rotatable bonds is 2. The molecular weight excluding hydrogens is 304 g/mol. The van der Waals surface area contributed by atoms with Gasteiger partial charge < -0.3 is 9.47 Å². The Balaban J connectivity index is 1.87. The van der Waals surface area contributed by atoms with E-state index in [0.29, 0.717) is 0 Å². The molecule has 4 rings (SSSR count). The van der Waals surface area contributed by atoms with Gasteiger partial charge in [-0.05, 0) is 42.4 Å². The molecule has 0 unspecified atom stereocenters. The lowest BCUT2D eigenvalue weighted by Crippen LogP contribution is -2.26. The van der Waals surface area contributed by atoms with Gasteiger partial charge in [0.05, 0.1) is 5.52 Å². The first-order valence-electron chi connectivity index (χ1n) is 7.95. The number of hydrogen-bond donors (Lipinski definition) is 0. The third kappa shape index (κ3) is 2.69. The van der Waals surface area contributed by atoms with Gasteiger partial charge in [0.25, 0.3) is 0 Å². The summed E-state index contributed by atoms with van der Waals surface area (Å²) in [6.45, 7) is 2.08. The molecule has 0 N–H and O–H groups in total. The molecule has 23 heavy (non-hydrogen) atoms. The first-order valence-corrected chi connectivity index (χ1v) is 8.33. The second-order valence-electron chi connectivity index (χ2n) is 6.17. The van der Waals surface area contributed by atoms with Gasteiger partial charge in [0.1, 0.15) is 0 Å². The number of nitrogens with zero attached hydrogens (tertiary/aromatic N) is 2. The lowest BCUT2D eigenvalue weighted by atomic mass is 10.1. The average Bonchev–Trinajstić information content (AvgIpc) is 2.86. The molecular formula is C20H19ClN2. The van der Waals surface area contributed by atoms with E-state index in [1.165, 1.54) is 27.7 Å². The second-order valence-corrected chi connectivity index (χ2v) is 6.61. The highest BCUT2D eigenvalue weighted by atomic mass is 35.5. The Hall–Kier alpha value is -2.03. The van der Waals surface area contributed by atoms with Crippen LogP contribution in [0.4, 0.5) is 0 Å². The summed E-state index contributed by atoms with van der Waals surface area (Å²) in [7, 11) is 2.18. The van der Waals surface area contributed by atoms with Crippen molar-refractivity contribution in [2.45, 2.75) is 13.0 Å². The maximum absolute atomic E-state index is 6.24. The van der Waals surface area contributed by atoms with Crippen molar-refractivity contribution in [2.24, 2.45) is 0 Å². The highest BCUT2D eigenvalue weighted by molar-refractivity contribution is 6.31. The summed E-state index contributed by atoms with van der Waals surface area (Å²) in [6.07, 6.45) is 5.43. The van der Waals surface area contributed by atoms with Crippen molar-refractivity contribution < 1.29 is 0 Å². The van der Waals surface area contributed by atoms with Crippen molar-refractivity contribution in [1.29, 1.82) is 0 Å². The Morgan fingerprint density at radius 3 is 2.74 bits per heavy atom. The average molecular weight is 323 g/mol. The molecule has 116 valence electrons. The molecule has 1 aromatic heterocycles. The highest BCUT2D eigenvalue weighted by Gasteiger charge is 2.21. The van der Waals surface area contributed by atoms with Crippen LogP contribution in [0.3, 0.4) is 0 Å². The van der Waals surface area contributed by atoms with Crippen molar-refractivity contribution >= 4 is 34.8 Å². The summed E-state index contributed by atoms with van der Waals surface area (Å²) in [5, 5.41) is 2.08. The predicted octanol–water partition coefficient (Wildman–Crippen LogP) is 4.91. The third-order valence-electron chi connectivity index (χ3n) is 4.56. The summed E-state index contributed by atoms with van der Waals surface area (Å²) in [4.78, 5) is 2.37. The van der Waals surface area contributed by atoms with E-state index in [4.69, 9.17) is 11.6 Å². The Labute approximate surface area is 141 Å². The fourth-order valence-corrected chi connectivity index (χ4v) is 3.57. The molecule has 0 spiro atoms. The topological polar surface area (TPSA) is 8.17 Å². The van der Waals surface area contributed by atoms with E-state index in [9.17, 15) is 0 Å².